The molecule has 8 nitrogen and oxygen atoms in total. The molecule has 154 valence electrons. The van der Waals surface area contributed by atoms with Crippen LogP contribution in [0.25, 0.3) is 0 Å². The second-order valence-electron chi connectivity index (χ2n) is 6.47. The number of urea groups is 1. The molecule has 2 aromatic rings. The highest BCUT2D eigenvalue weighted by Crippen LogP contribution is 2.21. The number of hydrogen-bond acceptors (Lipinski definition) is 6. The lowest BCUT2D eigenvalue weighted by molar-refractivity contribution is -0.117. The molecule has 0 saturated heterocycles. The summed E-state index contributed by atoms with van der Waals surface area (Å²) in [6.45, 7) is 2.33. The summed E-state index contributed by atoms with van der Waals surface area (Å²) in [6.07, 6.45) is 0. The Hall–Kier alpha value is -3.20. The van der Waals surface area contributed by atoms with E-state index in [4.69, 9.17) is 10.5 Å². The molecule has 0 aliphatic heterocycles. The molecule has 9 heteroatoms. The Morgan fingerprint density at radius 2 is 1.62 bits per heavy atom. The van der Waals surface area contributed by atoms with E-state index in [-0.39, 0.29) is 10.5 Å². The molecule has 0 radical (unpaired) electrons. The van der Waals surface area contributed by atoms with Gasteiger partial charge in [-0.3, -0.25) is 4.79 Å². The van der Waals surface area contributed by atoms with Crippen LogP contribution in [0, 0.1) is 6.92 Å². The number of carbonyl (C=O) groups is 3. The quantitative estimate of drug-likeness (QED) is 0.626. The Morgan fingerprint density at radius 3 is 2.14 bits per heavy atom. The first-order chi connectivity index (χ1) is 13.6. The SMILES string of the molecule is CC(=O)C(C(COC(=O)c1ccccc1)NC(N)=O)S(=O)(=O)c1ccc(C)cc1. The highest BCUT2D eigenvalue weighted by atomic mass is 32.2. The number of amides is 2. The van der Waals surface area contributed by atoms with Crippen LogP contribution in [0.5, 0.6) is 0 Å². The standard InChI is InChI=1S/C20H22N2O6S/c1-13-8-10-16(11-9-13)29(26,27)18(14(2)23)17(22-20(21)25)12-28-19(24)15-6-4-3-5-7-15/h3-11,17-18H,12H2,1-2H3,(H3,21,22,25). The molecule has 0 aliphatic rings. The second kappa shape index (κ2) is 9.33. The molecule has 2 amide bonds. The number of hydrogen-bond donors (Lipinski definition) is 2. The third kappa shape index (κ3) is 5.64. The predicted molar refractivity (Wildman–Crippen MR) is 106 cm³/mol. The number of ketones is 1. The molecule has 0 heterocycles. The van der Waals surface area contributed by atoms with Crippen molar-refractivity contribution in [1.82, 2.24) is 5.32 Å². The van der Waals surface area contributed by atoms with E-state index in [9.17, 15) is 22.8 Å². The minimum absolute atomic E-state index is 0.0889. The first kappa shape index (κ1) is 22.1. The van der Waals surface area contributed by atoms with Crippen LogP contribution in [-0.4, -0.2) is 44.1 Å². The molecule has 0 aliphatic carbocycles. The molecule has 0 saturated carbocycles. The van der Waals surface area contributed by atoms with Gasteiger partial charge in [-0.25, -0.2) is 18.0 Å². The number of nitrogens with two attached hydrogens (primary N) is 1. The van der Waals surface area contributed by atoms with Gasteiger partial charge in [0.2, 0.25) is 0 Å². The summed E-state index contributed by atoms with van der Waals surface area (Å²) < 4.78 is 31.3. The minimum Gasteiger partial charge on any atom is -0.460 e. The maximum absolute atomic E-state index is 13.1. The van der Waals surface area contributed by atoms with Gasteiger partial charge in [0.15, 0.2) is 15.6 Å². The number of Topliss-reactive ketones (excluding diaryl/α,β-unsaturated/α-hetero) is 1. The highest BCUT2D eigenvalue weighted by molar-refractivity contribution is 7.92. The topological polar surface area (TPSA) is 133 Å². The van der Waals surface area contributed by atoms with Gasteiger partial charge in [0.05, 0.1) is 16.5 Å². The number of ether oxygens (including phenoxy) is 1. The van der Waals surface area contributed by atoms with Crippen molar-refractivity contribution in [1.29, 1.82) is 0 Å². The van der Waals surface area contributed by atoms with Crippen LogP contribution in [0.3, 0.4) is 0 Å². The summed E-state index contributed by atoms with van der Waals surface area (Å²) in [5.74, 6) is -1.45. The lowest BCUT2D eigenvalue weighted by Crippen LogP contribution is -2.54. The predicted octanol–water partition coefficient (Wildman–Crippen LogP) is 1.62. The molecular formula is C20H22N2O6S. The van der Waals surface area contributed by atoms with Crippen LogP contribution in [0.15, 0.2) is 59.5 Å². The fraction of sp³-hybridized carbons (Fsp3) is 0.250. The van der Waals surface area contributed by atoms with E-state index < -0.39 is 45.5 Å². The van der Waals surface area contributed by atoms with Crippen molar-refractivity contribution in [2.24, 2.45) is 5.73 Å². The summed E-state index contributed by atoms with van der Waals surface area (Å²) in [4.78, 5) is 35.8. The van der Waals surface area contributed by atoms with Crippen molar-refractivity contribution in [3.63, 3.8) is 0 Å². The number of benzene rings is 2. The van der Waals surface area contributed by atoms with Gasteiger partial charge in [0.25, 0.3) is 0 Å². The van der Waals surface area contributed by atoms with E-state index in [0.29, 0.717) is 0 Å². The smallest absolute Gasteiger partial charge is 0.338 e. The molecule has 29 heavy (non-hydrogen) atoms. The van der Waals surface area contributed by atoms with Gasteiger partial charge in [0, 0.05) is 0 Å². The van der Waals surface area contributed by atoms with Gasteiger partial charge in [0.1, 0.15) is 11.9 Å². The zero-order chi connectivity index (χ0) is 21.6. The zero-order valence-corrected chi connectivity index (χ0v) is 16.8. The van der Waals surface area contributed by atoms with E-state index in [1.165, 1.54) is 24.3 Å². The van der Waals surface area contributed by atoms with E-state index in [1.54, 1.807) is 37.3 Å². The Morgan fingerprint density at radius 1 is 1.03 bits per heavy atom. The molecule has 0 spiro atoms. The molecular weight excluding hydrogens is 396 g/mol. The van der Waals surface area contributed by atoms with Crippen LogP contribution in [0.1, 0.15) is 22.8 Å². The van der Waals surface area contributed by atoms with Crippen LogP contribution >= 0.6 is 0 Å². The molecule has 2 unspecified atom stereocenters. The number of primary amides is 1. The highest BCUT2D eigenvalue weighted by Gasteiger charge is 2.40. The summed E-state index contributed by atoms with van der Waals surface area (Å²) in [5.41, 5.74) is 6.24. The number of rotatable bonds is 8. The number of esters is 1. The summed E-state index contributed by atoms with van der Waals surface area (Å²) in [6, 6.07) is 11.6. The fourth-order valence-electron chi connectivity index (χ4n) is 2.80. The van der Waals surface area contributed by atoms with E-state index in [2.05, 4.69) is 5.32 Å². The lowest BCUT2D eigenvalue weighted by atomic mass is 10.1. The van der Waals surface area contributed by atoms with Crippen molar-refractivity contribution in [3.8, 4) is 0 Å². The third-order valence-corrected chi connectivity index (χ3v) is 6.44. The Labute approximate surface area is 169 Å². The largest absolute Gasteiger partial charge is 0.460 e. The molecule has 0 aromatic heterocycles. The first-order valence-corrected chi connectivity index (χ1v) is 10.3. The maximum atomic E-state index is 13.1. The van der Waals surface area contributed by atoms with Crippen LogP contribution in [-0.2, 0) is 19.4 Å². The molecule has 2 atom stereocenters. The Balaban J connectivity index is 2.33. The molecule has 2 rings (SSSR count). The van der Waals surface area contributed by atoms with Crippen LogP contribution in [0.2, 0.25) is 0 Å². The molecule has 3 N–H and O–H groups in total. The van der Waals surface area contributed by atoms with Crippen LogP contribution < -0.4 is 11.1 Å². The van der Waals surface area contributed by atoms with Crippen molar-refractivity contribution in [2.75, 3.05) is 6.61 Å². The summed E-state index contributed by atoms with van der Waals surface area (Å²) >= 11 is 0. The summed E-state index contributed by atoms with van der Waals surface area (Å²) in [5, 5.41) is 0.538. The Bertz CT molecular complexity index is 987. The van der Waals surface area contributed by atoms with Gasteiger partial charge in [-0.15, -0.1) is 0 Å². The first-order valence-electron chi connectivity index (χ1n) is 8.72. The number of nitrogens with one attached hydrogen (secondary N) is 1. The average molecular weight is 418 g/mol. The van der Waals surface area contributed by atoms with Crippen molar-refractivity contribution in [2.45, 2.75) is 30.0 Å². The van der Waals surface area contributed by atoms with Gasteiger partial charge < -0.3 is 15.8 Å². The average Bonchev–Trinajstić information content (AvgIpc) is 2.66. The monoisotopic (exact) mass is 418 g/mol. The molecule has 0 fully saturated rings. The van der Waals surface area contributed by atoms with Gasteiger partial charge in [-0.2, -0.15) is 0 Å². The maximum Gasteiger partial charge on any atom is 0.338 e. The van der Waals surface area contributed by atoms with Crippen molar-refractivity contribution < 1.29 is 27.5 Å². The lowest BCUT2D eigenvalue weighted by Gasteiger charge is -2.25. The third-order valence-electron chi connectivity index (χ3n) is 4.18. The minimum atomic E-state index is -4.19. The number of sulfone groups is 1. The summed E-state index contributed by atoms with van der Waals surface area (Å²) in [7, 11) is -4.19. The van der Waals surface area contributed by atoms with Gasteiger partial charge >= 0.3 is 12.0 Å². The number of carbonyl (C=O) groups excluding carboxylic acids is 3. The van der Waals surface area contributed by atoms with E-state index in [1.807, 2.05) is 0 Å². The normalized spacial score (nSPS) is 13.2. The van der Waals surface area contributed by atoms with Gasteiger partial charge in [-0.05, 0) is 38.1 Å². The second-order valence-corrected chi connectivity index (χ2v) is 8.54. The molecule has 2 aromatic carbocycles. The molecule has 0 bridgehead atoms. The van der Waals surface area contributed by atoms with E-state index in [0.717, 1.165) is 12.5 Å². The fourth-order valence-corrected chi connectivity index (χ4v) is 4.63. The van der Waals surface area contributed by atoms with Crippen molar-refractivity contribution >= 4 is 27.6 Å². The van der Waals surface area contributed by atoms with Crippen molar-refractivity contribution in [3.05, 3.63) is 65.7 Å². The van der Waals surface area contributed by atoms with E-state index >= 15 is 0 Å². The number of aryl methyl sites for hydroxylation is 1. The van der Waals surface area contributed by atoms with Crippen LogP contribution in [0.4, 0.5) is 4.79 Å². The van der Waals surface area contributed by atoms with Gasteiger partial charge in [-0.1, -0.05) is 35.9 Å². The zero-order valence-electron chi connectivity index (χ0n) is 16.0. The Kier molecular flexibility index (Phi) is 7.11.